The van der Waals surface area contributed by atoms with Gasteiger partial charge in [-0.15, -0.1) is 11.6 Å². The van der Waals surface area contributed by atoms with E-state index in [1.54, 1.807) is 32.4 Å². The molecular weight excluding hydrogens is 398 g/mol. The molecule has 0 aliphatic heterocycles. The van der Waals surface area contributed by atoms with Gasteiger partial charge in [0.05, 0.1) is 19.6 Å². The molecule has 0 saturated heterocycles. The van der Waals surface area contributed by atoms with Crippen LogP contribution in [0.1, 0.15) is 16.5 Å². The molecule has 1 atom stereocenters. The van der Waals surface area contributed by atoms with Crippen molar-refractivity contribution >= 4 is 50.7 Å². The molecule has 0 spiro atoms. The lowest BCUT2D eigenvalue weighted by Gasteiger charge is -2.17. The van der Waals surface area contributed by atoms with Crippen molar-refractivity contribution in [2.75, 3.05) is 14.2 Å². The monoisotopic (exact) mass is 408 g/mol. The van der Waals surface area contributed by atoms with Gasteiger partial charge in [-0.25, -0.2) is 0 Å². The maximum absolute atomic E-state index is 6.57. The molecule has 2 nitrogen and oxygen atoms in total. The van der Waals surface area contributed by atoms with Gasteiger partial charge in [-0.2, -0.15) is 0 Å². The molecule has 6 heteroatoms. The summed E-state index contributed by atoms with van der Waals surface area (Å²) < 4.78 is 11.4. The zero-order valence-corrected chi connectivity index (χ0v) is 15.1. The van der Waals surface area contributed by atoms with Crippen molar-refractivity contribution in [2.45, 2.75) is 5.38 Å². The van der Waals surface area contributed by atoms with Gasteiger partial charge in [-0.3, -0.25) is 0 Å². The van der Waals surface area contributed by atoms with Crippen molar-refractivity contribution in [1.29, 1.82) is 0 Å². The Morgan fingerprint density at radius 3 is 2.19 bits per heavy atom. The molecule has 0 fully saturated rings. The number of halogens is 4. The van der Waals surface area contributed by atoms with Gasteiger partial charge in [0.15, 0.2) is 11.5 Å². The summed E-state index contributed by atoms with van der Waals surface area (Å²) in [4.78, 5) is 0. The van der Waals surface area contributed by atoms with E-state index in [9.17, 15) is 0 Å². The summed E-state index contributed by atoms with van der Waals surface area (Å²) in [6, 6.07) is 8.83. The second-order valence-corrected chi connectivity index (χ2v) is 6.39. The van der Waals surface area contributed by atoms with Crippen molar-refractivity contribution < 1.29 is 9.47 Å². The highest BCUT2D eigenvalue weighted by molar-refractivity contribution is 9.10. The number of benzene rings is 2. The smallest absolute Gasteiger partial charge is 0.161 e. The van der Waals surface area contributed by atoms with E-state index < -0.39 is 5.38 Å². The summed E-state index contributed by atoms with van der Waals surface area (Å²) in [5.41, 5.74) is 1.55. The van der Waals surface area contributed by atoms with Crippen LogP contribution in [0, 0.1) is 0 Å². The molecule has 0 heterocycles. The number of hydrogen-bond donors (Lipinski definition) is 0. The predicted octanol–water partition coefficient (Wildman–Crippen LogP) is 6.10. The van der Waals surface area contributed by atoms with Crippen molar-refractivity contribution in [1.82, 2.24) is 0 Å². The molecule has 0 bridgehead atoms. The molecule has 2 aromatic rings. The van der Waals surface area contributed by atoms with Gasteiger partial charge in [0.1, 0.15) is 0 Å². The van der Waals surface area contributed by atoms with Crippen LogP contribution in [0.15, 0.2) is 34.8 Å². The molecule has 2 aromatic carbocycles. The first-order chi connectivity index (χ1) is 9.97. The Bertz CT molecular complexity index is 662. The van der Waals surface area contributed by atoms with Crippen molar-refractivity contribution in [3.05, 3.63) is 56.0 Å². The van der Waals surface area contributed by atoms with Crippen LogP contribution in [0.3, 0.4) is 0 Å². The van der Waals surface area contributed by atoms with E-state index in [1.807, 2.05) is 12.1 Å². The Hall–Kier alpha value is -0.610. The second kappa shape index (κ2) is 7.10. The Morgan fingerprint density at radius 1 is 0.952 bits per heavy atom. The van der Waals surface area contributed by atoms with E-state index in [-0.39, 0.29) is 0 Å². The van der Waals surface area contributed by atoms with Gasteiger partial charge in [-0.1, -0.05) is 39.1 Å². The van der Waals surface area contributed by atoms with E-state index in [1.165, 1.54) is 0 Å². The molecule has 1 unspecified atom stereocenters. The molecule has 0 saturated carbocycles. The topological polar surface area (TPSA) is 18.5 Å². The molecule has 0 N–H and O–H groups in total. The van der Waals surface area contributed by atoms with E-state index >= 15 is 0 Å². The van der Waals surface area contributed by atoms with Gasteiger partial charge < -0.3 is 9.47 Å². The average molecular weight is 411 g/mol. The highest BCUT2D eigenvalue weighted by atomic mass is 79.9. The van der Waals surface area contributed by atoms with Gasteiger partial charge in [0.2, 0.25) is 0 Å². The molecule has 0 radical (unpaired) electrons. The van der Waals surface area contributed by atoms with E-state index in [2.05, 4.69) is 15.9 Å². The number of ether oxygens (including phenoxy) is 2. The number of rotatable bonds is 4. The average Bonchev–Trinajstić information content (AvgIpc) is 2.48. The lowest BCUT2D eigenvalue weighted by Crippen LogP contribution is -1.99. The highest BCUT2D eigenvalue weighted by Gasteiger charge is 2.20. The van der Waals surface area contributed by atoms with Crippen molar-refractivity contribution in [2.24, 2.45) is 0 Å². The van der Waals surface area contributed by atoms with Crippen molar-refractivity contribution in [3.8, 4) is 11.5 Å². The first-order valence-corrected chi connectivity index (χ1v) is 7.97. The number of hydrogen-bond acceptors (Lipinski definition) is 2. The molecule has 2 rings (SSSR count). The largest absolute Gasteiger partial charge is 0.493 e. The minimum atomic E-state index is -0.467. The van der Waals surface area contributed by atoms with Gasteiger partial charge in [0, 0.05) is 14.5 Å². The maximum atomic E-state index is 6.57. The van der Waals surface area contributed by atoms with Crippen LogP contribution in [0.5, 0.6) is 11.5 Å². The fourth-order valence-electron chi connectivity index (χ4n) is 1.94. The molecule has 0 aliphatic rings. The minimum Gasteiger partial charge on any atom is -0.493 e. The Labute approximate surface area is 147 Å². The zero-order chi connectivity index (χ0) is 15.6. The highest BCUT2D eigenvalue weighted by Crippen LogP contribution is 2.42. The summed E-state index contributed by atoms with van der Waals surface area (Å²) in [6.07, 6.45) is 0. The third-order valence-electron chi connectivity index (χ3n) is 3.01. The summed E-state index contributed by atoms with van der Waals surface area (Å²) in [7, 11) is 3.15. The Kier molecular flexibility index (Phi) is 5.67. The Balaban J connectivity index is 2.52. The van der Waals surface area contributed by atoms with E-state index in [0.29, 0.717) is 21.5 Å². The zero-order valence-electron chi connectivity index (χ0n) is 11.3. The standard InChI is InChI=1S/C15H12BrCl3O2/c1-20-13-6-9(11(16)7-14(13)21-2)15(19)10-5-8(17)3-4-12(10)18/h3-7,15H,1-2H3. The van der Waals surface area contributed by atoms with Gasteiger partial charge in [0.25, 0.3) is 0 Å². The Morgan fingerprint density at radius 2 is 1.57 bits per heavy atom. The fourth-order valence-corrected chi connectivity index (χ4v) is 3.45. The lowest BCUT2D eigenvalue weighted by atomic mass is 10.0. The van der Waals surface area contributed by atoms with Crippen LogP contribution in [0.2, 0.25) is 10.0 Å². The number of alkyl halides is 1. The SMILES string of the molecule is COc1cc(Br)c(C(Cl)c2cc(Cl)ccc2Cl)cc1OC. The lowest BCUT2D eigenvalue weighted by molar-refractivity contribution is 0.354. The van der Waals surface area contributed by atoms with E-state index in [0.717, 1.165) is 15.6 Å². The molecule has 0 amide bonds. The van der Waals surface area contributed by atoms with Crippen LogP contribution in [0.4, 0.5) is 0 Å². The first-order valence-electron chi connectivity index (χ1n) is 5.98. The maximum Gasteiger partial charge on any atom is 0.161 e. The van der Waals surface area contributed by atoms with Gasteiger partial charge in [-0.05, 0) is 41.5 Å². The van der Waals surface area contributed by atoms with Crippen molar-refractivity contribution in [3.63, 3.8) is 0 Å². The molecule has 0 aromatic heterocycles. The van der Waals surface area contributed by atoms with Crippen LogP contribution in [-0.2, 0) is 0 Å². The molecule has 112 valence electrons. The third kappa shape index (κ3) is 3.59. The molecule has 21 heavy (non-hydrogen) atoms. The van der Waals surface area contributed by atoms with Crippen LogP contribution >= 0.6 is 50.7 Å². The molecular formula is C15H12BrCl3O2. The second-order valence-electron chi connectivity index (χ2n) is 4.26. The minimum absolute atomic E-state index is 0.467. The summed E-state index contributed by atoms with van der Waals surface area (Å²) in [6.45, 7) is 0. The summed E-state index contributed by atoms with van der Waals surface area (Å²) in [5, 5.41) is 0.670. The van der Waals surface area contributed by atoms with E-state index in [4.69, 9.17) is 44.3 Å². The molecule has 0 aliphatic carbocycles. The quantitative estimate of drug-likeness (QED) is 0.567. The number of methoxy groups -OCH3 is 2. The summed E-state index contributed by atoms with van der Waals surface area (Å²) in [5.74, 6) is 1.22. The first kappa shape index (κ1) is 16.8. The predicted molar refractivity (Wildman–Crippen MR) is 91.4 cm³/mol. The third-order valence-corrected chi connectivity index (χ3v) is 4.74. The van der Waals surface area contributed by atoms with Crippen LogP contribution in [-0.4, -0.2) is 14.2 Å². The van der Waals surface area contributed by atoms with Gasteiger partial charge >= 0.3 is 0 Å². The van der Waals surface area contributed by atoms with Crippen LogP contribution in [0.25, 0.3) is 0 Å². The fraction of sp³-hybridized carbons (Fsp3) is 0.200. The van der Waals surface area contributed by atoms with Crippen LogP contribution < -0.4 is 9.47 Å². The normalized spacial score (nSPS) is 12.1. The summed E-state index contributed by atoms with van der Waals surface area (Å²) >= 11 is 22.3.